The number of carboxylic acid groups (broad SMARTS) is 1. The maximum atomic E-state index is 12.0. The first-order valence-corrected chi connectivity index (χ1v) is 6.88. The second-order valence-electron chi connectivity index (χ2n) is 4.58. The maximum Gasteiger partial charge on any atom is 0.327 e. The van der Waals surface area contributed by atoms with Gasteiger partial charge in [0.05, 0.1) is 0 Å². The molecule has 2 heterocycles. The fourth-order valence-corrected chi connectivity index (χ4v) is 4.47. The molecule has 2 atom stereocenters. The average Bonchev–Trinajstić information content (AvgIpc) is 2.91. The molecule has 5 heteroatoms. The highest BCUT2D eigenvalue weighted by molar-refractivity contribution is 8.00. The third kappa shape index (κ3) is 1.47. The van der Waals surface area contributed by atoms with Crippen molar-refractivity contribution in [1.82, 2.24) is 4.90 Å². The highest BCUT2D eigenvalue weighted by Crippen LogP contribution is 2.54. The molecule has 18 heavy (non-hydrogen) atoms. The molecule has 1 N–H and O–H groups in total. The van der Waals surface area contributed by atoms with Crippen LogP contribution in [-0.4, -0.2) is 33.7 Å². The predicted octanol–water partition coefficient (Wildman–Crippen LogP) is 1.66. The van der Waals surface area contributed by atoms with Gasteiger partial charge in [0.1, 0.15) is 10.9 Å². The van der Waals surface area contributed by atoms with Gasteiger partial charge in [0, 0.05) is 12.2 Å². The number of amides is 1. The number of benzene rings is 1. The molecule has 2 aliphatic rings. The SMILES string of the molecule is O=C(O)C1CSC2(c3ccccc3)CCC(=O)N12. The summed E-state index contributed by atoms with van der Waals surface area (Å²) in [6.45, 7) is 0. The summed E-state index contributed by atoms with van der Waals surface area (Å²) in [5, 5.41) is 9.23. The van der Waals surface area contributed by atoms with Crippen LogP contribution >= 0.6 is 11.8 Å². The largest absolute Gasteiger partial charge is 0.480 e. The van der Waals surface area contributed by atoms with Crippen molar-refractivity contribution in [2.45, 2.75) is 23.8 Å². The first-order valence-electron chi connectivity index (χ1n) is 5.89. The Bertz CT molecular complexity index is 504. The van der Waals surface area contributed by atoms with Gasteiger partial charge in [-0.05, 0) is 12.0 Å². The molecular formula is C13H13NO3S. The number of carbonyl (C=O) groups excluding carboxylic acids is 1. The van der Waals surface area contributed by atoms with E-state index in [4.69, 9.17) is 0 Å². The summed E-state index contributed by atoms with van der Waals surface area (Å²) < 4.78 is 0. The summed E-state index contributed by atoms with van der Waals surface area (Å²) in [6.07, 6.45) is 1.13. The first-order chi connectivity index (χ1) is 8.65. The summed E-state index contributed by atoms with van der Waals surface area (Å²) in [7, 11) is 0. The van der Waals surface area contributed by atoms with E-state index in [9.17, 15) is 14.7 Å². The second kappa shape index (κ2) is 4.02. The minimum atomic E-state index is -0.907. The Kier molecular flexibility index (Phi) is 2.59. The van der Waals surface area contributed by atoms with Crippen LogP contribution in [0.25, 0.3) is 0 Å². The maximum absolute atomic E-state index is 12.0. The molecule has 4 nitrogen and oxygen atoms in total. The van der Waals surface area contributed by atoms with Crippen molar-refractivity contribution in [3.63, 3.8) is 0 Å². The predicted molar refractivity (Wildman–Crippen MR) is 68.1 cm³/mol. The van der Waals surface area contributed by atoms with Crippen molar-refractivity contribution in [1.29, 1.82) is 0 Å². The van der Waals surface area contributed by atoms with E-state index in [2.05, 4.69) is 0 Å². The van der Waals surface area contributed by atoms with Gasteiger partial charge < -0.3 is 10.0 Å². The van der Waals surface area contributed by atoms with Crippen LogP contribution < -0.4 is 0 Å². The lowest BCUT2D eigenvalue weighted by molar-refractivity contribution is -0.148. The molecule has 1 aromatic rings. The van der Waals surface area contributed by atoms with Crippen molar-refractivity contribution >= 4 is 23.6 Å². The molecule has 2 aliphatic heterocycles. The number of hydrogen-bond acceptors (Lipinski definition) is 3. The van der Waals surface area contributed by atoms with Crippen LogP contribution in [0.1, 0.15) is 18.4 Å². The van der Waals surface area contributed by atoms with Gasteiger partial charge in [0.15, 0.2) is 0 Å². The zero-order valence-electron chi connectivity index (χ0n) is 9.70. The van der Waals surface area contributed by atoms with Crippen LogP contribution in [0.5, 0.6) is 0 Å². The summed E-state index contributed by atoms with van der Waals surface area (Å²) in [5.74, 6) is -0.484. The fourth-order valence-electron chi connectivity index (χ4n) is 2.82. The van der Waals surface area contributed by atoms with Crippen molar-refractivity contribution in [2.24, 2.45) is 0 Å². The van der Waals surface area contributed by atoms with E-state index in [1.165, 1.54) is 0 Å². The van der Waals surface area contributed by atoms with E-state index >= 15 is 0 Å². The number of nitrogens with zero attached hydrogens (tertiary/aromatic N) is 1. The Balaban J connectivity index is 2.06. The molecule has 3 rings (SSSR count). The van der Waals surface area contributed by atoms with Crippen LogP contribution in [0, 0.1) is 0 Å². The second-order valence-corrected chi connectivity index (χ2v) is 5.88. The molecule has 94 valence electrons. The van der Waals surface area contributed by atoms with E-state index in [0.29, 0.717) is 18.6 Å². The molecule has 0 saturated carbocycles. The Morgan fingerprint density at radius 3 is 2.78 bits per heavy atom. The summed E-state index contributed by atoms with van der Waals surface area (Å²) >= 11 is 1.58. The van der Waals surface area contributed by atoms with Crippen LogP contribution in [0.15, 0.2) is 30.3 Å². The molecule has 2 unspecified atom stereocenters. The molecule has 0 aliphatic carbocycles. The molecule has 0 bridgehead atoms. The van der Waals surface area contributed by atoms with Crippen molar-refractivity contribution < 1.29 is 14.7 Å². The lowest BCUT2D eigenvalue weighted by atomic mass is 10.0. The van der Waals surface area contributed by atoms with Crippen molar-refractivity contribution in [3.8, 4) is 0 Å². The molecule has 1 amide bonds. The highest BCUT2D eigenvalue weighted by atomic mass is 32.2. The quantitative estimate of drug-likeness (QED) is 0.881. The van der Waals surface area contributed by atoms with Crippen molar-refractivity contribution in [2.75, 3.05) is 5.75 Å². The molecule has 0 spiro atoms. The van der Waals surface area contributed by atoms with Gasteiger partial charge >= 0.3 is 5.97 Å². The van der Waals surface area contributed by atoms with Crippen LogP contribution in [0.3, 0.4) is 0 Å². The summed E-state index contributed by atoms with van der Waals surface area (Å²) in [4.78, 5) is 24.4. The monoisotopic (exact) mass is 263 g/mol. The van der Waals surface area contributed by atoms with Crippen molar-refractivity contribution in [3.05, 3.63) is 35.9 Å². The average molecular weight is 263 g/mol. The van der Waals surface area contributed by atoms with E-state index < -0.39 is 16.9 Å². The zero-order chi connectivity index (χ0) is 12.8. The number of carboxylic acids is 1. The molecule has 0 radical (unpaired) electrons. The Labute approximate surface area is 109 Å². The van der Waals surface area contributed by atoms with Crippen LogP contribution in [0.2, 0.25) is 0 Å². The lowest BCUT2D eigenvalue weighted by Gasteiger charge is -2.33. The van der Waals surface area contributed by atoms with Gasteiger partial charge in [0.25, 0.3) is 0 Å². The summed E-state index contributed by atoms with van der Waals surface area (Å²) in [5.41, 5.74) is 1.03. The number of aliphatic carboxylic acids is 1. The third-order valence-corrected chi connectivity index (χ3v) is 5.23. The standard InChI is InChI=1S/C13H13NO3S/c15-11-6-7-13(9-4-2-1-3-5-9)14(11)10(8-18-13)12(16)17/h1-5,10H,6-8H2,(H,16,17). The topological polar surface area (TPSA) is 57.6 Å². The lowest BCUT2D eigenvalue weighted by Crippen LogP contribution is -2.45. The molecule has 2 fully saturated rings. The van der Waals surface area contributed by atoms with E-state index in [1.54, 1.807) is 16.7 Å². The molecular weight excluding hydrogens is 250 g/mol. The number of hydrogen-bond donors (Lipinski definition) is 1. The van der Waals surface area contributed by atoms with E-state index in [1.807, 2.05) is 30.3 Å². The van der Waals surface area contributed by atoms with Gasteiger partial charge in [-0.1, -0.05) is 30.3 Å². The number of fused-ring (bicyclic) bond motifs is 1. The minimum absolute atomic E-state index is 0.0451. The van der Waals surface area contributed by atoms with Gasteiger partial charge in [-0.15, -0.1) is 11.8 Å². The Morgan fingerprint density at radius 2 is 2.11 bits per heavy atom. The van der Waals surface area contributed by atoms with Crippen LogP contribution in [-0.2, 0) is 14.5 Å². The first kappa shape index (κ1) is 11.6. The molecule has 0 aromatic heterocycles. The summed E-state index contributed by atoms with van der Waals surface area (Å²) in [6, 6.07) is 9.05. The fraction of sp³-hybridized carbons (Fsp3) is 0.385. The van der Waals surface area contributed by atoms with Gasteiger partial charge in [-0.25, -0.2) is 4.79 Å². The van der Waals surface area contributed by atoms with Crippen LogP contribution in [0.4, 0.5) is 0 Å². The van der Waals surface area contributed by atoms with Gasteiger partial charge in [0.2, 0.25) is 5.91 Å². The van der Waals surface area contributed by atoms with Gasteiger partial charge in [-0.3, -0.25) is 4.79 Å². The highest BCUT2D eigenvalue weighted by Gasteiger charge is 2.56. The number of rotatable bonds is 2. The minimum Gasteiger partial charge on any atom is -0.480 e. The molecule has 2 saturated heterocycles. The smallest absolute Gasteiger partial charge is 0.327 e. The number of carbonyl (C=O) groups is 2. The zero-order valence-corrected chi connectivity index (χ0v) is 10.5. The van der Waals surface area contributed by atoms with E-state index in [0.717, 1.165) is 5.56 Å². The van der Waals surface area contributed by atoms with Gasteiger partial charge in [-0.2, -0.15) is 0 Å². The Hall–Kier alpha value is -1.49. The normalized spacial score (nSPS) is 30.6. The Morgan fingerprint density at radius 1 is 1.39 bits per heavy atom. The third-order valence-electron chi connectivity index (χ3n) is 3.64. The number of thioether (sulfide) groups is 1. The van der Waals surface area contributed by atoms with E-state index in [-0.39, 0.29) is 5.91 Å². The molecule has 1 aromatic carbocycles.